The maximum absolute atomic E-state index is 11.4. The minimum atomic E-state index is -1.03. The first kappa shape index (κ1) is 27.8. The SMILES string of the molecule is O=C(O)C(Oc1ccc2ncccc2c1)c1ccccc1.O=C(O)C(Oc1ccc2ncccc2c1)c1ccccc1. The topological polar surface area (TPSA) is 119 Å². The highest BCUT2D eigenvalue weighted by atomic mass is 16.5. The molecule has 2 N–H and O–H groups in total. The maximum Gasteiger partial charge on any atom is 0.349 e. The zero-order valence-corrected chi connectivity index (χ0v) is 22.3. The molecule has 8 heteroatoms. The summed E-state index contributed by atoms with van der Waals surface area (Å²) < 4.78 is 11.3. The van der Waals surface area contributed by atoms with Crippen molar-refractivity contribution in [1.82, 2.24) is 9.97 Å². The van der Waals surface area contributed by atoms with E-state index in [2.05, 4.69) is 9.97 Å². The first-order chi connectivity index (χ1) is 20.5. The Bertz CT molecular complexity index is 1680. The third-order valence-electron chi connectivity index (χ3n) is 6.31. The van der Waals surface area contributed by atoms with Crippen molar-refractivity contribution in [1.29, 1.82) is 0 Å². The molecular weight excluding hydrogens is 532 g/mol. The third kappa shape index (κ3) is 6.86. The van der Waals surface area contributed by atoms with Crippen LogP contribution in [-0.2, 0) is 9.59 Å². The number of pyridine rings is 2. The molecule has 0 amide bonds. The second kappa shape index (κ2) is 13.1. The molecule has 0 aliphatic rings. The number of hydrogen-bond donors (Lipinski definition) is 2. The number of fused-ring (bicyclic) bond motifs is 2. The Morgan fingerprint density at radius 1 is 0.524 bits per heavy atom. The van der Waals surface area contributed by atoms with Gasteiger partial charge in [0.25, 0.3) is 0 Å². The fourth-order valence-corrected chi connectivity index (χ4v) is 4.30. The predicted molar refractivity (Wildman–Crippen MR) is 158 cm³/mol. The van der Waals surface area contributed by atoms with Crippen molar-refractivity contribution in [2.75, 3.05) is 0 Å². The Morgan fingerprint density at radius 2 is 0.929 bits per heavy atom. The summed E-state index contributed by atoms with van der Waals surface area (Å²) >= 11 is 0. The van der Waals surface area contributed by atoms with E-state index in [1.165, 1.54) is 0 Å². The number of aliphatic carboxylic acids is 2. The van der Waals surface area contributed by atoms with Gasteiger partial charge in [-0.3, -0.25) is 9.97 Å². The van der Waals surface area contributed by atoms with Crippen molar-refractivity contribution in [2.24, 2.45) is 0 Å². The van der Waals surface area contributed by atoms with E-state index < -0.39 is 24.1 Å². The van der Waals surface area contributed by atoms with Gasteiger partial charge < -0.3 is 19.7 Å². The molecule has 208 valence electrons. The molecule has 0 radical (unpaired) electrons. The molecule has 6 aromatic rings. The highest BCUT2D eigenvalue weighted by molar-refractivity contribution is 5.81. The zero-order chi connectivity index (χ0) is 29.3. The van der Waals surface area contributed by atoms with E-state index in [1.54, 1.807) is 85.2 Å². The lowest BCUT2D eigenvalue weighted by atomic mass is 10.1. The number of carbonyl (C=O) groups is 2. The molecular formula is C34H26N2O6. The van der Waals surface area contributed by atoms with Crippen LogP contribution in [0, 0.1) is 0 Å². The van der Waals surface area contributed by atoms with E-state index >= 15 is 0 Å². The molecule has 2 heterocycles. The molecule has 0 aliphatic carbocycles. The van der Waals surface area contributed by atoms with Gasteiger partial charge in [-0.25, -0.2) is 9.59 Å². The number of hydrogen-bond acceptors (Lipinski definition) is 6. The number of rotatable bonds is 8. The molecule has 2 atom stereocenters. The van der Waals surface area contributed by atoms with Crippen LogP contribution >= 0.6 is 0 Å². The van der Waals surface area contributed by atoms with E-state index in [-0.39, 0.29) is 0 Å². The molecule has 42 heavy (non-hydrogen) atoms. The van der Waals surface area contributed by atoms with Crippen molar-refractivity contribution in [3.05, 3.63) is 145 Å². The first-order valence-corrected chi connectivity index (χ1v) is 13.1. The first-order valence-electron chi connectivity index (χ1n) is 13.1. The van der Waals surface area contributed by atoms with Crippen LogP contribution in [0.1, 0.15) is 23.3 Å². The van der Waals surface area contributed by atoms with E-state index in [0.29, 0.717) is 22.6 Å². The van der Waals surface area contributed by atoms with Crippen LogP contribution in [0.5, 0.6) is 11.5 Å². The molecule has 8 nitrogen and oxygen atoms in total. The molecule has 0 fully saturated rings. The van der Waals surface area contributed by atoms with Crippen LogP contribution in [0.25, 0.3) is 21.8 Å². The number of carboxylic acids is 2. The summed E-state index contributed by atoms with van der Waals surface area (Å²) in [4.78, 5) is 31.3. The Hall–Kier alpha value is -5.76. The molecule has 0 saturated carbocycles. The molecule has 0 aliphatic heterocycles. The summed E-state index contributed by atoms with van der Waals surface area (Å²) in [7, 11) is 0. The summed E-state index contributed by atoms with van der Waals surface area (Å²) in [5, 5.41) is 20.5. The number of nitrogens with zero attached hydrogens (tertiary/aromatic N) is 2. The minimum Gasteiger partial charge on any atom is -0.478 e. The molecule has 2 unspecified atom stereocenters. The standard InChI is InChI=1S/2C17H13NO3/c2*19-17(20)16(12-5-2-1-3-6-12)21-14-8-9-15-13(11-14)7-4-10-18-15/h2*1-11,16H,(H,19,20). The number of aromatic nitrogens is 2. The fraction of sp³-hybridized carbons (Fsp3) is 0.0588. The van der Waals surface area contributed by atoms with Gasteiger partial charge in [-0.15, -0.1) is 0 Å². The van der Waals surface area contributed by atoms with E-state index in [9.17, 15) is 19.8 Å². The van der Waals surface area contributed by atoms with Gasteiger partial charge in [0.2, 0.25) is 12.2 Å². The monoisotopic (exact) mass is 558 g/mol. The lowest BCUT2D eigenvalue weighted by molar-refractivity contribution is -0.146. The van der Waals surface area contributed by atoms with Gasteiger partial charge in [0.1, 0.15) is 11.5 Å². The maximum atomic E-state index is 11.4. The van der Waals surface area contributed by atoms with E-state index in [1.807, 2.05) is 48.5 Å². The van der Waals surface area contributed by atoms with Gasteiger partial charge in [0, 0.05) is 34.3 Å². The van der Waals surface area contributed by atoms with Crippen LogP contribution in [0.2, 0.25) is 0 Å². The molecule has 4 aromatic carbocycles. The summed E-state index contributed by atoms with van der Waals surface area (Å²) in [6, 6.07) is 35.9. The van der Waals surface area contributed by atoms with E-state index in [4.69, 9.17) is 9.47 Å². The van der Waals surface area contributed by atoms with Gasteiger partial charge in [0.05, 0.1) is 11.0 Å². The minimum absolute atomic E-state index is 0.506. The van der Waals surface area contributed by atoms with Crippen LogP contribution in [0.15, 0.2) is 134 Å². The largest absolute Gasteiger partial charge is 0.478 e. The Kier molecular flexibility index (Phi) is 8.64. The second-order valence-corrected chi connectivity index (χ2v) is 9.21. The van der Waals surface area contributed by atoms with Crippen LogP contribution in [-0.4, -0.2) is 32.1 Å². The van der Waals surface area contributed by atoms with Crippen molar-refractivity contribution < 1.29 is 29.3 Å². The summed E-state index contributed by atoms with van der Waals surface area (Å²) in [5.74, 6) is -1.03. The normalized spacial score (nSPS) is 12.0. The number of benzene rings is 4. The van der Waals surface area contributed by atoms with Crippen LogP contribution in [0.4, 0.5) is 0 Å². The summed E-state index contributed by atoms with van der Waals surface area (Å²) in [6.07, 6.45) is 1.38. The third-order valence-corrected chi connectivity index (χ3v) is 6.31. The van der Waals surface area contributed by atoms with Crippen LogP contribution in [0.3, 0.4) is 0 Å². The fourth-order valence-electron chi connectivity index (χ4n) is 4.30. The van der Waals surface area contributed by atoms with Crippen molar-refractivity contribution >= 4 is 33.7 Å². The average Bonchev–Trinajstić information content (AvgIpc) is 3.03. The molecule has 0 spiro atoms. The Morgan fingerprint density at radius 3 is 1.31 bits per heavy atom. The number of ether oxygens (including phenoxy) is 2. The summed E-state index contributed by atoms with van der Waals surface area (Å²) in [6.45, 7) is 0. The highest BCUT2D eigenvalue weighted by Crippen LogP contribution is 2.26. The Labute approximate surface area is 241 Å². The second-order valence-electron chi connectivity index (χ2n) is 9.21. The molecule has 6 rings (SSSR count). The lowest BCUT2D eigenvalue weighted by Crippen LogP contribution is -2.18. The Balaban J connectivity index is 0.000000168. The van der Waals surface area contributed by atoms with Crippen molar-refractivity contribution in [2.45, 2.75) is 12.2 Å². The van der Waals surface area contributed by atoms with Crippen molar-refractivity contribution in [3.63, 3.8) is 0 Å². The zero-order valence-electron chi connectivity index (χ0n) is 22.3. The lowest BCUT2D eigenvalue weighted by Gasteiger charge is -2.15. The molecule has 0 bridgehead atoms. The van der Waals surface area contributed by atoms with Crippen LogP contribution < -0.4 is 9.47 Å². The van der Waals surface area contributed by atoms with Gasteiger partial charge in [0.15, 0.2) is 0 Å². The predicted octanol–water partition coefficient (Wildman–Crippen LogP) is 6.88. The molecule has 2 aromatic heterocycles. The van der Waals surface area contributed by atoms with Gasteiger partial charge >= 0.3 is 11.9 Å². The van der Waals surface area contributed by atoms with Crippen molar-refractivity contribution in [3.8, 4) is 11.5 Å². The van der Waals surface area contributed by atoms with Gasteiger partial charge in [-0.1, -0.05) is 72.8 Å². The average molecular weight is 559 g/mol. The molecule has 0 saturated heterocycles. The smallest absolute Gasteiger partial charge is 0.349 e. The van der Waals surface area contributed by atoms with Gasteiger partial charge in [-0.2, -0.15) is 0 Å². The number of carboxylic acid groups (broad SMARTS) is 2. The van der Waals surface area contributed by atoms with E-state index in [0.717, 1.165) is 21.8 Å². The van der Waals surface area contributed by atoms with Gasteiger partial charge in [-0.05, 0) is 48.5 Å². The highest BCUT2D eigenvalue weighted by Gasteiger charge is 2.22. The summed E-state index contributed by atoms with van der Waals surface area (Å²) in [5.41, 5.74) is 2.90. The quantitative estimate of drug-likeness (QED) is 0.208.